The lowest BCUT2D eigenvalue weighted by Crippen LogP contribution is -2.55. The highest BCUT2D eigenvalue weighted by molar-refractivity contribution is 7.99. The molecule has 1 rings (SSSR count). The molecule has 1 aliphatic rings. The Bertz CT molecular complexity index is 299. The zero-order valence-corrected chi connectivity index (χ0v) is 11.9. The number of esters is 1. The first-order valence-corrected chi connectivity index (χ1v) is 7.57. The first kappa shape index (κ1) is 15.3. The van der Waals surface area contributed by atoms with Gasteiger partial charge in [0.2, 0.25) is 5.91 Å². The average Bonchev–Trinajstić information content (AvgIpc) is 2.38. The van der Waals surface area contributed by atoms with E-state index in [1.807, 2.05) is 6.92 Å². The molecule has 1 unspecified atom stereocenters. The number of thioether (sulfide) groups is 1. The monoisotopic (exact) mass is 274 g/mol. The molecule has 0 aromatic heterocycles. The minimum atomic E-state index is -0.505. The molecule has 0 bridgehead atoms. The SMILES string of the molecule is CCC[C@H](N)C(=O)N1CCSCC1C(=O)OCC. The van der Waals surface area contributed by atoms with Gasteiger partial charge in [-0.15, -0.1) is 0 Å². The number of nitrogens with two attached hydrogens (primary N) is 1. The van der Waals surface area contributed by atoms with Crippen LogP contribution in [0.25, 0.3) is 0 Å². The minimum Gasteiger partial charge on any atom is -0.464 e. The number of carbonyl (C=O) groups is 2. The molecule has 0 aromatic rings. The van der Waals surface area contributed by atoms with Crippen molar-refractivity contribution in [3.63, 3.8) is 0 Å². The minimum absolute atomic E-state index is 0.129. The van der Waals surface area contributed by atoms with Gasteiger partial charge in [-0.3, -0.25) is 4.79 Å². The number of carbonyl (C=O) groups excluding carboxylic acids is 2. The molecule has 2 N–H and O–H groups in total. The predicted molar refractivity (Wildman–Crippen MR) is 72.3 cm³/mol. The van der Waals surface area contributed by atoms with Crippen molar-refractivity contribution in [2.24, 2.45) is 5.73 Å². The van der Waals surface area contributed by atoms with Crippen molar-refractivity contribution in [1.29, 1.82) is 0 Å². The number of ether oxygens (including phenoxy) is 1. The molecule has 0 aromatic carbocycles. The number of nitrogens with zero attached hydrogens (tertiary/aromatic N) is 1. The van der Waals surface area contributed by atoms with Gasteiger partial charge < -0.3 is 15.4 Å². The second kappa shape index (κ2) is 7.63. The van der Waals surface area contributed by atoms with Gasteiger partial charge in [-0.05, 0) is 13.3 Å². The molecule has 1 heterocycles. The highest BCUT2D eigenvalue weighted by atomic mass is 32.2. The summed E-state index contributed by atoms with van der Waals surface area (Å²) >= 11 is 1.67. The van der Waals surface area contributed by atoms with Crippen LogP contribution in [0, 0.1) is 0 Å². The molecule has 1 amide bonds. The van der Waals surface area contributed by atoms with Gasteiger partial charge in [0.1, 0.15) is 6.04 Å². The van der Waals surface area contributed by atoms with Crippen LogP contribution in [0.5, 0.6) is 0 Å². The standard InChI is InChI=1S/C12H22N2O3S/c1-3-5-9(13)11(15)14-6-7-18-8-10(14)12(16)17-4-2/h9-10H,3-8,13H2,1-2H3/t9-,10?/m0/s1. The van der Waals surface area contributed by atoms with Crippen molar-refractivity contribution >= 4 is 23.6 Å². The van der Waals surface area contributed by atoms with E-state index in [2.05, 4.69) is 0 Å². The molecule has 0 radical (unpaired) electrons. The van der Waals surface area contributed by atoms with E-state index in [-0.39, 0.29) is 11.9 Å². The average molecular weight is 274 g/mol. The van der Waals surface area contributed by atoms with Crippen molar-refractivity contribution in [2.45, 2.75) is 38.8 Å². The van der Waals surface area contributed by atoms with E-state index < -0.39 is 12.1 Å². The quantitative estimate of drug-likeness (QED) is 0.744. The summed E-state index contributed by atoms with van der Waals surface area (Å²) < 4.78 is 5.01. The predicted octanol–water partition coefficient (Wildman–Crippen LogP) is 0.621. The molecule has 1 saturated heterocycles. The third kappa shape index (κ3) is 3.88. The van der Waals surface area contributed by atoms with Crippen LogP contribution in [0.4, 0.5) is 0 Å². The summed E-state index contributed by atoms with van der Waals surface area (Å²) in [4.78, 5) is 25.6. The lowest BCUT2D eigenvalue weighted by molar-refractivity contribution is -0.154. The Morgan fingerprint density at radius 2 is 2.22 bits per heavy atom. The zero-order valence-electron chi connectivity index (χ0n) is 11.1. The molecule has 1 aliphatic heterocycles. The van der Waals surface area contributed by atoms with E-state index >= 15 is 0 Å². The van der Waals surface area contributed by atoms with E-state index in [0.29, 0.717) is 25.3 Å². The summed E-state index contributed by atoms with van der Waals surface area (Å²) in [5.41, 5.74) is 5.84. The summed E-state index contributed by atoms with van der Waals surface area (Å²) in [7, 11) is 0. The highest BCUT2D eigenvalue weighted by Gasteiger charge is 2.35. The Labute approximate surface area is 112 Å². The van der Waals surface area contributed by atoms with Crippen LogP contribution in [-0.4, -0.2) is 53.5 Å². The van der Waals surface area contributed by atoms with Crippen molar-refractivity contribution in [2.75, 3.05) is 24.7 Å². The van der Waals surface area contributed by atoms with Crippen molar-refractivity contribution in [3.05, 3.63) is 0 Å². The largest absolute Gasteiger partial charge is 0.464 e. The molecule has 2 atom stereocenters. The third-order valence-electron chi connectivity index (χ3n) is 2.89. The summed E-state index contributed by atoms with van der Waals surface area (Å²) in [5, 5.41) is 0. The molecule has 5 nitrogen and oxygen atoms in total. The van der Waals surface area contributed by atoms with Crippen molar-refractivity contribution < 1.29 is 14.3 Å². The van der Waals surface area contributed by atoms with Crippen LogP contribution in [0.1, 0.15) is 26.7 Å². The van der Waals surface area contributed by atoms with E-state index in [1.165, 1.54) is 0 Å². The molecule has 6 heteroatoms. The Balaban J connectivity index is 2.69. The Hall–Kier alpha value is -0.750. The number of hydrogen-bond acceptors (Lipinski definition) is 5. The lowest BCUT2D eigenvalue weighted by Gasteiger charge is -2.35. The van der Waals surface area contributed by atoms with Gasteiger partial charge in [0.15, 0.2) is 0 Å². The van der Waals surface area contributed by atoms with Crippen LogP contribution in [0.2, 0.25) is 0 Å². The highest BCUT2D eigenvalue weighted by Crippen LogP contribution is 2.19. The maximum absolute atomic E-state index is 12.2. The van der Waals surface area contributed by atoms with Gasteiger partial charge >= 0.3 is 5.97 Å². The summed E-state index contributed by atoms with van der Waals surface area (Å²) in [5.74, 6) is 1.00. The molecule has 18 heavy (non-hydrogen) atoms. The fourth-order valence-corrected chi connectivity index (χ4v) is 2.98. The number of amides is 1. The van der Waals surface area contributed by atoms with Crippen molar-refractivity contribution in [3.8, 4) is 0 Å². The van der Waals surface area contributed by atoms with E-state index in [0.717, 1.165) is 12.2 Å². The summed E-state index contributed by atoms with van der Waals surface area (Å²) in [6.45, 7) is 4.66. The van der Waals surface area contributed by atoms with Gasteiger partial charge in [-0.1, -0.05) is 13.3 Å². The summed E-state index contributed by atoms with van der Waals surface area (Å²) in [6, 6.07) is -0.978. The smallest absolute Gasteiger partial charge is 0.329 e. The first-order valence-electron chi connectivity index (χ1n) is 6.42. The fourth-order valence-electron chi connectivity index (χ4n) is 1.95. The van der Waals surface area contributed by atoms with Gasteiger partial charge in [-0.2, -0.15) is 11.8 Å². The van der Waals surface area contributed by atoms with Gasteiger partial charge in [0, 0.05) is 18.1 Å². The Morgan fingerprint density at radius 1 is 1.50 bits per heavy atom. The van der Waals surface area contributed by atoms with E-state index in [9.17, 15) is 9.59 Å². The number of hydrogen-bond donors (Lipinski definition) is 1. The topological polar surface area (TPSA) is 72.6 Å². The molecule has 1 fully saturated rings. The van der Waals surface area contributed by atoms with E-state index in [1.54, 1.807) is 23.6 Å². The third-order valence-corrected chi connectivity index (χ3v) is 3.91. The molecule has 0 aliphatic carbocycles. The Morgan fingerprint density at radius 3 is 2.83 bits per heavy atom. The maximum atomic E-state index is 12.2. The zero-order chi connectivity index (χ0) is 13.5. The molecular weight excluding hydrogens is 252 g/mol. The van der Waals surface area contributed by atoms with Crippen LogP contribution in [0.3, 0.4) is 0 Å². The van der Waals surface area contributed by atoms with E-state index in [4.69, 9.17) is 10.5 Å². The normalized spacial score (nSPS) is 21.5. The van der Waals surface area contributed by atoms with Crippen LogP contribution >= 0.6 is 11.8 Å². The second-order valence-corrected chi connectivity index (χ2v) is 5.42. The van der Waals surface area contributed by atoms with Crippen LogP contribution < -0.4 is 5.73 Å². The first-order chi connectivity index (χ1) is 8.61. The van der Waals surface area contributed by atoms with Gasteiger partial charge in [0.05, 0.1) is 12.6 Å². The molecule has 0 saturated carbocycles. The van der Waals surface area contributed by atoms with Gasteiger partial charge in [0.25, 0.3) is 0 Å². The van der Waals surface area contributed by atoms with Crippen LogP contribution in [0.15, 0.2) is 0 Å². The maximum Gasteiger partial charge on any atom is 0.329 e. The fraction of sp³-hybridized carbons (Fsp3) is 0.833. The Kier molecular flexibility index (Phi) is 6.49. The van der Waals surface area contributed by atoms with Crippen LogP contribution in [-0.2, 0) is 14.3 Å². The molecule has 104 valence electrons. The summed E-state index contributed by atoms with van der Waals surface area (Å²) in [6.07, 6.45) is 1.51. The van der Waals surface area contributed by atoms with Crippen molar-refractivity contribution in [1.82, 2.24) is 4.90 Å². The second-order valence-electron chi connectivity index (χ2n) is 4.27. The molecular formula is C12H22N2O3S. The van der Waals surface area contributed by atoms with Gasteiger partial charge in [-0.25, -0.2) is 4.79 Å². The molecule has 0 spiro atoms. The number of rotatable bonds is 5. The lowest BCUT2D eigenvalue weighted by atomic mass is 10.1.